The summed E-state index contributed by atoms with van der Waals surface area (Å²) in [6, 6.07) is 34.9. The third kappa shape index (κ3) is 9.39. The molecule has 6 aromatic rings. The summed E-state index contributed by atoms with van der Waals surface area (Å²) in [5.74, 6) is 4.03. The lowest BCUT2D eigenvalue weighted by Crippen LogP contribution is -2.33. The van der Waals surface area contributed by atoms with E-state index in [4.69, 9.17) is 4.98 Å². The van der Waals surface area contributed by atoms with Gasteiger partial charge in [0.05, 0.1) is 16.8 Å². The largest absolute Gasteiger partial charge is 0.299 e. The molecule has 0 fully saturated rings. The van der Waals surface area contributed by atoms with Crippen molar-refractivity contribution in [3.05, 3.63) is 163 Å². The minimum Gasteiger partial charge on any atom is -0.299 e. The molecule has 0 aliphatic heterocycles. The third-order valence-electron chi connectivity index (χ3n) is 10.2. The highest BCUT2D eigenvalue weighted by molar-refractivity contribution is 5.76. The molecule has 0 amide bonds. The van der Waals surface area contributed by atoms with Crippen molar-refractivity contribution in [2.45, 2.75) is 94.9 Å². The summed E-state index contributed by atoms with van der Waals surface area (Å²) in [5, 5.41) is 0. The first-order valence-corrected chi connectivity index (χ1v) is 20.9. The Morgan fingerprint density at radius 1 is 0.667 bits per heavy atom. The number of nitrogens with zero attached hydrogens (tertiary/aromatic N) is 4. The molecule has 0 spiro atoms. The van der Waals surface area contributed by atoms with Crippen LogP contribution in [0.2, 0.25) is 0 Å². The Kier molecular flexibility index (Phi) is 14.3. The number of benzene rings is 4. The standard InChI is InChI=1S/C49H55N4.C4H10/c1-11-40(33(3)4)46(41(12-2)34(5)6)53-30-29-51(49(53)38-23-17-14-18-24-38)45-26-20-19-25-42(45)48-50-27-28-52(48)47-43(35(7)8)31-39(32-44(47)36(9)10)37-21-15-13-16-22-37;1-4(2)3/h11-36H,1H2,2-10H3;4H,1-3H3/q+1;/b41-12-,46-40-;. The number of allylic oxidation sites excluding steroid dienone is 5. The highest BCUT2D eigenvalue weighted by Gasteiger charge is 2.31. The molecule has 0 saturated carbocycles. The maximum absolute atomic E-state index is 5.12. The van der Waals surface area contributed by atoms with E-state index in [9.17, 15) is 0 Å². The molecule has 0 saturated heterocycles. The Hall–Kier alpha value is -5.48. The molecule has 4 heteroatoms. The van der Waals surface area contributed by atoms with Crippen molar-refractivity contribution in [3.8, 4) is 45.3 Å². The van der Waals surface area contributed by atoms with Crippen LogP contribution in [0.15, 0.2) is 152 Å². The fraction of sp³-hybridized carbons (Fsp3) is 0.321. The zero-order valence-electron chi connectivity index (χ0n) is 36.6. The lowest BCUT2D eigenvalue weighted by atomic mass is 9.88. The lowest BCUT2D eigenvalue weighted by Gasteiger charge is -2.24. The molecule has 57 heavy (non-hydrogen) atoms. The molecular formula is C53H65N4+. The van der Waals surface area contributed by atoms with E-state index in [0.29, 0.717) is 17.8 Å². The van der Waals surface area contributed by atoms with Gasteiger partial charge in [-0.05, 0) is 101 Å². The van der Waals surface area contributed by atoms with Crippen LogP contribution in [-0.4, -0.2) is 14.1 Å². The molecular weight excluding hydrogens is 693 g/mol. The molecule has 0 atom stereocenters. The lowest BCUT2D eigenvalue weighted by molar-refractivity contribution is -0.582. The molecule has 4 aromatic carbocycles. The van der Waals surface area contributed by atoms with Gasteiger partial charge in [0.15, 0.2) is 0 Å². The van der Waals surface area contributed by atoms with Crippen molar-refractivity contribution in [2.75, 3.05) is 0 Å². The summed E-state index contributed by atoms with van der Waals surface area (Å²) in [7, 11) is 0. The van der Waals surface area contributed by atoms with Crippen LogP contribution in [0.4, 0.5) is 0 Å². The fourth-order valence-electron chi connectivity index (χ4n) is 7.62. The molecule has 296 valence electrons. The molecule has 0 unspecified atom stereocenters. The monoisotopic (exact) mass is 758 g/mol. The van der Waals surface area contributed by atoms with E-state index in [1.807, 2.05) is 12.3 Å². The van der Waals surface area contributed by atoms with Gasteiger partial charge in [-0.1, -0.05) is 156 Å². The predicted octanol–water partition coefficient (Wildman–Crippen LogP) is 14.5. The Balaban J connectivity index is 0.00000148. The van der Waals surface area contributed by atoms with Gasteiger partial charge in [-0.3, -0.25) is 4.57 Å². The smallest absolute Gasteiger partial charge is 0.299 e. The highest BCUT2D eigenvalue weighted by Crippen LogP contribution is 2.39. The van der Waals surface area contributed by atoms with Crippen molar-refractivity contribution in [1.29, 1.82) is 0 Å². The van der Waals surface area contributed by atoms with Crippen LogP contribution >= 0.6 is 0 Å². The Labute approximate surface area is 344 Å². The predicted molar refractivity (Wildman–Crippen MR) is 245 cm³/mol. The SMILES string of the molecule is C=C/C(=C(\C(=C/C)C(C)C)n1cc[n+](-c2ccccc2-c2nccn2-c2c(C(C)C)cc(-c3ccccc3)cc2C(C)C)c1-c1ccccc1)C(C)C.CC(C)C. The minimum atomic E-state index is 0.286. The summed E-state index contributed by atoms with van der Waals surface area (Å²) >= 11 is 0. The molecule has 0 bridgehead atoms. The van der Waals surface area contributed by atoms with E-state index in [0.717, 1.165) is 34.4 Å². The maximum atomic E-state index is 5.12. The molecule has 4 nitrogen and oxygen atoms in total. The third-order valence-corrected chi connectivity index (χ3v) is 10.2. The Morgan fingerprint density at radius 2 is 1.21 bits per heavy atom. The number of hydrogen-bond donors (Lipinski definition) is 0. The molecule has 0 radical (unpaired) electrons. The number of imidazole rings is 2. The normalized spacial score (nSPS) is 12.4. The zero-order valence-corrected chi connectivity index (χ0v) is 36.6. The van der Waals surface area contributed by atoms with Gasteiger partial charge in [0, 0.05) is 18.0 Å². The van der Waals surface area contributed by atoms with Crippen LogP contribution in [0, 0.1) is 17.8 Å². The molecule has 0 aliphatic carbocycles. The Bertz CT molecular complexity index is 2280. The van der Waals surface area contributed by atoms with Crippen LogP contribution < -0.4 is 4.57 Å². The highest BCUT2D eigenvalue weighted by atomic mass is 15.2. The first-order chi connectivity index (χ1) is 27.3. The van der Waals surface area contributed by atoms with Gasteiger partial charge in [-0.15, -0.1) is 0 Å². The van der Waals surface area contributed by atoms with Crippen LogP contribution in [0.1, 0.15) is 106 Å². The first-order valence-electron chi connectivity index (χ1n) is 20.9. The van der Waals surface area contributed by atoms with Crippen molar-refractivity contribution in [2.24, 2.45) is 17.8 Å². The van der Waals surface area contributed by atoms with E-state index in [1.165, 1.54) is 44.8 Å². The van der Waals surface area contributed by atoms with Gasteiger partial charge < -0.3 is 0 Å². The second-order valence-electron chi connectivity index (χ2n) is 16.8. The van der Waals surface area contributed by atoms with E-state index in [1.54, 1.807) is 0 Å². The summed E-state index contributed by atoms with van der Waals surface area (Å²) in [5.41, 5.74) is 13.3. The van der Waals surface area contributed by atoms with Gasteiger partial charge in [0.2, 0.25) is 0 Å². The summed E-state index contributed by atoms with van der Waals surface area (Å²) in [4.78, 5) is 5.12. The first kappa shape index (κ1) is 42.7. The summed E-state index contributed by atoms with van der Waals surface area (Å²) in [6.07, 6.45) is 12.8. The van der Waals surface area contributed by atoms with Gasteiger partial charge in [-0.25, -0.2) is 4.98 Å². The maximum Gasteiger partial charge on any atom is 0.299 e. The molecule has 0 aliphatic rings. The minimum absolute atomic E-state index is 0.286. The van der Waals surface area contributed by atoms with E-state index in [2.05, 4.69) is 225 Å². The molecule has 2 heterocycles. The van der Waals surface area contributed by atoms with Gasteiger partial charge >= 0.3 is 0 Å². The molecule has 2 aromatic heterocycles. The van der Waals surface area contributed by atoms with Crippen LogP contribution in [0.5, 0.6) is 0 Å². The summed E-state index contributed by atoms with van der Waals surface area (Å²) < 4.78 is 7.04. The average molecular weight is 758 g/mol. The molecule has 0 N–H and O–H groups in total. The van der Waals surface area contributed by atoms with E-state index < -0.39 is 0 Å². The average Bonchev–Trinajstić information content (AvgIpc) is 3.85. The van der Waals surface area contributed by atoms with Gasteiger partial charge in [0.25, 0.3) is 5.82 Å². The Morgan fingerprint density at radius 3 is 1.72 bits per heavy atom. The van der Waals surface area contributed by atoms with E-state index in [-0.39, 0.29) is 5.92 Å². The number of para-hydroxylation sites is 1. The zero-order chi connectivity index (χ0) is 41.4. The number of aromatic nitrogens is 4. The molecule has 6 rings (SSSR count). The van der Waals surface area contributed by atoms with Gasteiger partial charge in [-0.2, -0.15) is 9.13 Å². The van der Waals surface area contributed by atoms with Crippen molar-refractivity contribution < 1.29 is 4.57 Å². The quantitative estimate of drug-likeness (QED) is 0.0902. The van der Waals surface area contributed by atoms with Crippen LogP contribution in [-0.2, 0) is 0 Å². The second-order valence-corrected chi connectivity index (χ2v) is 16.8. The summed E-state index contributed by atoms with van der Waals surface area (Å²) in [6.45, 7) is 31.2. The number of rotatable bonds is 12. The fourth-order valence-corrected chi connectivity index (χ4v) is 7.62. The van der Waals surface area contributed by atoms with Crippen LogP contribution in [0.25, 0.3) is 51.0 Å². The van der Waals surface area contributed by atoms with Crippen LogP contribution in [0.3, 0.4) is 0 Å². The van der Waals surface area contributed by atoms with Crippen molar-refractivity contribution in [3.63, 3.8) is 0 Å². The topological polar surface area (TPSA) is 26.6 Å². The van der Waals surface area contributed by atoms with E-state index >= 15 is 0 Å². The van der Waals surface area contributed by atoms with Gasteiger partial charge in [0.1, 0.15) is 29.6 Å². The number of hydrogen-bond acceptors (Lipinski definition) is 1. The van der Waals surface area contributed by atoms with Crippen molar-refractivity contribution >= 4 is 5.70 Å². The van der Waals surface area contributed by atoms with Crippen molar-refractivity contribution in [1.82, 2.24) is 14.1 Å². The second kappa shape index (κ2) is 19.1.